The zero-order valence-electron chi connectivity index (χ0n) is 19.9. The molecule has 0 aliphatic heterocycles. The molecule has 2 N–H and O–H groups in total. The lowest BCUT2D eigenvalue weighted by molar-refractivity contribution is -0.140. The van der Waals surface area contributed by atoms with Crippen molar-refractivity contribution < 1.29 is 28.8 Å². The lowest BCUT2D eigenvalue weighted by atomic mass is 9.87. The second-order valence-corrected chi connectivity index (χ2v) is 7.62. The van der Waals surface area contributed by atoms with Crippen molar-refractivity contribution in [2.24, 2.45) is 0 Å². The van der Waals surface area contributed by atoms with Gasteiger partial charge in [0.1, 0.15) is 5.75 Å². The highest BCUT2D eigenvalue weighted by molar-refractivity contribution is 5.72. The lowest BCUT2D eigenvalue weighted by Gasteiger charge is -2.23. The van der Waals surface area contributed by atoms with Crippen LogP contribution < -0.4 is 19.8 Å². The number of methoxy groups -OCH3 is 4. The van der Waals surface area contributed by atoms with E-state index in [9.17, 15) is 14.7 Å². The summed E-state index contributed by atoms with van der Waals surface area (Å²) in [7, 11) is 5.68. The fourth-order valence-corrected chi connectivity index (χ4v) is 4.04. The van der Waals surface area contributed by atoms with E-state index < -0.39 is 17.4 Å². The van der Waals surface area contributed by atoms with Crippen LogP contribution in [0.5, 0.6) is 23.0 Å². The molecule has 10 heteroatoms. The van der Waals surface area contributed by atoms with E-state index >= 15 is 0 Å². The molecule has 0 spiro atoms. The van der Waals surface area contributed by atoms with Crippen LogP contribution in [0.15, 0.2) is 35.5 Å². The van der Waals surface area contributed by atoms with Crippen molar-refractivity contribution in [2.75, 3.05) is 28.4 Å². The smallest absolute Gasteiger partial charge is 0.306 e. The summed E-state index contributed by atoms with van der Waals surface area (Å²) in [6.07, 6.45) is 3.60. The summed E-state index contributed by atoms with van der Waals surface area (Å²) in [5, 5.41) is 10.9. The van der Waals surface area contributed by atoms with Gasteiger partial charge in [-0.05, 0) is 19.1 Å². The average Bonchev–Trinajstić information content (AvgIpc) is 3.35. The van der Waals surface area contributed by atoms with Crippen molar-refractivity contribution in [1.82, 2.24) is 14.5 Å². The Morgan fingerprint density at radius 2 is 1.88 bits per heavy atom. The van der Waals surface area contributed by atoms with Crippen molar-refractivity contribution in [1.29, 1.82) is 0 Å². The number of aryl methyl sites for hydroxylation is 2. The molecule has 0 unspecified atom stereocenters. The average molecular weight is 472 g/mol. The van der Waals surface area contributed by atoms with Crippen LogP contribution >= 0.6 is 0 Å². The Kier molecular flexibility index (Phi) is 7.83. The zero-order valence-corrected chi connectivity index (χ0v) is 19.9. The van der Waals surface area contributed by atoms with Crippen LogP contribution in [0.3, 0.4) is 0 Å². The standard InChI is InChI=1S/C24H29N3O7/c1-14-10-18(28)21(24(30)27(14)9-8-15-12-25-13-26-15)17(11-20(29)32-3)16-6-7-19(31-2)23(34-5)22(16)33-4/h6-7,10,12-13,17,28H,8-9,11H2,1-5H3,(H,25,26)/t17-/m0/s1. The van der Waals surface area contributed by atoms with Gasteiger partial charge >= 0.3 is 5.97 Å². The minimum Gasteiger partial charge on any atom is -0.507 e. The number of esters is 1. The van der Waals surface area contributed by atoms with Gasteiger partial charge in [-0.3, -0.25) is 9.59 Å². The molecule has 3 rings (SSSR count). The Bertz CT molecular complexity index is 1200. The van der Waals surface area contributed by atoms with E-state index in [1.165, 1.54) is 34.5 Å². The van der Waals surface area contributed by atoms with Gasteiger partial charge in [-0.2, -0.15) is 0 Å². The number of aromatic nitrogens is 3. The van der Waals surface area contributed by atoms with Gasteiger partial charge in [0.25, 0.3) is 5.56 Å². The first kappa shape index (κ1) is 24.7. The van der Waals surface area contributed by atoms with Crippen LogP contribution in [-0.4, -0.2) is 54.1 Å². The number of H-pyrrole nitrogens is 1. The number of nitrogens with one attached hydrogen (secondary N) is 1. The summed E-state index contributed by atoms with van der Waals surface area (Å²) in [6, 6.07) is 4.85. The molecule has 0 aliphatic carbocycles. The van der Waals surface area contributed by atoms with E-state index in [1.807, 2.05) is 0 Å². The third-order valence-corrected chi connectivity index (χ3v) is 5.74. The summed E-state index contributed by atoms with van der Waals surface area (Å²) < 4.78 is 22.9. The second kappa shape index (κ2) is 10.8. The molecule has 1 aromatic carbocycles. The van der Waals surface area contributed by atoms with Crippen molar-refractivity contribution in [3.63, 3.8) is 0 Å². The fraction of sp³-hybridized carbons (Fsp3) is 0.375. The Morgan fingerprint density at radius 3 is 2.47 bits per heavy atom. The molecule has 3 aromatic rings. The van der Waals surface area contributed by atoms with Gasteiger partial charge in [-0.1, -0.05) is 6.07 Å². The number of hydrogen-bond acceptors (Lipinski definition) is 8. The molecule has 0 amide bonds. The summed E-state index contributed by atoms with van der Waals surface area (Å²) in [6.45, 7) is 2.10. The Morgan fingerprint density at radius 1 is 1.15 bits per heavy atom. The van der Waals surface area contributed by atoms with Crippen LogP contribution in [-0.2, 0) is 22.5 Å². The maximum atomic E-state index is 13.7. The monoisotopic (exact) mass is 471 g/mol. The quantitative estimate of drug-likeness (QED) is 0.432. The van der Waals surface area contributed by atoms with Gasteiger partial charge in [0.05, 0.1) is 46.8 Å². The number of rotatable bonds is 10. The summed E-state index contributed by atoms with van der Waals surface area (Å²) in [5.41, 5.74) is 1.58. The molecule has 0 aliphatic rings. The molecular weight excluding hydrogens is 442 g/mol. The van der Waals surface area contributed by atoms with Crippen molar-refractivity contribution in [3.05, 3.63) is 63.6 Å². The maximum absolute atomic E-state index is 13.7. The number of imidazole rings is 1. The molecule has 0 fully saturated rings. The molecule has 10 nitrogen and oxygen atoms in total. The van der Waals surface area contributed by atoms with Crippen LogP contribution in [0.4, 0.5) is 0 Å². The third kappa shape index (κ3) is 4.85. The van der Waals surface area contributed by atoms with Crippen molar-refractivity contribution in [3.8, 4) is 23.0 Å². The number of nitrogens with zero attached hydrogens (tertiary/aromatic N) is 2. The van der Waals surface area contributed by atoms with Crippen LogP contribution in [0.25, 0.3) is 0 Å². The number of carbonyl (C=O) groups excluding carboxylic acids is 1. The normalized spacial score (nSPS) is 11.7. The van der Waals surface area contributed by atoms with Crippen LogP contribution in [0.2, 0.25) is 0 Å². The van der Waals surface area contributed by atoms with Gasteiger partial charge in [0, 0.05) is 42.0 Å². The molecule has 0 saturated heterocycles. The van der Waals surface area contributed by atoms with E-state index in [-0.39, 0.29) is 17.7 Å². The molecule has 2 aromatic heterocycles. The van der Waals surface area contributed by atoms with Gasteiger partial charge < -0.3 is 33.6 Å². The Balaban J connectivity index is 2.20. The third-order valence-electron chi connectivity index (χ3n) is 5.74. The predicted octanol–water partition coefficient (Wildman–Crippen LogP) is 2.55. The summed E-state index contributed by atoms with van der Waals surface area (Å²) >= 11 is 0. The fourth-order valence-electron chi connectivity index (χ4n) is 4.04. The minimum atomic E-state index is -0.867. The zero-order chi connectivity index (χ0) is 24.8. The van der Waals surface area contributed by atoms with E-state index in [2.05, 4.69) is 9.97 Å². The van der Waals surface area contributed by atoms with Gasteiger partial charge in [-0.25, -0.2) is 4.98 Å². The van der Waals surface area contributed by atoms with Gasteiger partial charge in [0.2, 0.25) is 5.75 Å². The number of aromatic hydroxyl groups is 1. The van der Waals surface area contributed by atoms with Crippen LogP contribution in [0, 0.1) is 6.92 Å². The number of carbonyl (C=O) groups is 1. The molecule has 2 heterocycles. The molecule has 0 bridgehead atoms. The molecule has 34 heavy (non-hydrogen) atoms. The first-order valence-electron chi connectivity index (χ1n) is 10.6. The van der Waals surface area contributed by atoms with E-state index in [0.29, 0.717) is 41.5 Å². The highest BCUT2D eigenvalue weighted by atomic mass is 16.5. The number of pyridine rings is 1. The van der Waals surface area contributed by atoms with Crippen LogP contribution in [0.1, 0.15) is 34.9 Å². The van der Waals surface area contributed by atoms with E-state index in [4.69, 9.17) is 18.9 Å². The van der Waals surface area contributed by atoms with Gasteiger partial charge in [-0.15, -0.1) is 0 Å². The number of aromatic amines is 1. The van der Waals surface area contributed by atoms with Crippen molar-refractivity contribution in [2.45, 2.75) is 32.2 Å². The SMILES string of the molecule is COC(=O)C[C@@H](c1ccc(OC)c(OC)c1OC)c1c(O)cc(C)n(CCc2cnc[nH]2)c1=O. The topological polar surface area (TPSA) is 125 Å². The highest BCUT2D eigenvalue weighted by Gasteiger charge is 2.31. The highest BCUT2D eigenvalue weighted by Crippen LogP contribution is 2.46. The number of benzene rings is 1. The summed E-state index contributed by atoms with van der Waals surface area (Å²) in [5.74, 6) is -0.613. The minimum absolute atomic E-state index is 0.0612. The first-order valence-corrected chi connectivity index (χ1v) is 10.6. The Labute approximate surface area is 197 Å². The molecule has 1 atom stereocenters. The molecule has 182 valence electrons. The van der Waals surface area contributed by atoms with Crippen molar-refractivity contribution >= 4 is 5.97 Å². The Hall–Kier alpha value is -3.95. The largest absolute Gasteiger partial charge is 0.507 e. The van der Waals surface area contributed by atoms with E-state index in [0.717, 1.165) is 5.69 Å². The predicted molar refractivity (Wildman–Crippen MR) is 124 cm³/mol. The second-order valence-electron chi connectivity index (χ2n) is 7.62. The molecule has 0 radical (unpaired) electrons. The molecular formula is C24H29N3O7. The molecule has 0 saturated carbocycles. The number of ether oxygens (including phenoxy) is 4. The lowest BCUT2D eigenvalue weighted by Crippen LogP contribution is -2.29. The summed E-state index contributed by atoms with van der Waals surface area (Å²) in [4.78, 5) is 33.1. The van der Waals surface area contributed by atoms with E-state index in [1.54, 1.807) is 36.1 Å². The number of hydrogen-bond donors (Lipinski definition) is 2. The van der Waals surface area contributed by atoms with Gasteiger partial charge in [0.15, 0.2) is 11.5 Å². The first-order chi connectivity index (χ1) is 16.4. The maximum Gasteiger partial charge on any atom is 0.306 e.